The molecule has 0 aliphatic heterocycles. The number of anilines is 1. The van der Waals surface area contributed by atoms with E-state index < -0.39 is 23.9 Å². The molecule has 0 heterocycles. The smallest absolute Gasteiger partial charge is 0.340 e. The van der Waals surface area contributed by atoms with Crippen LogP contribution in [0.2, 0.25) is 0 Å². The number of nitrogens with one attached hydrogen (secondary N) is 1. The van der Waals surface area contributed by atoms with Gasteiger partial charge in [0.2, 0.25) is 5.91 Å². The van der Waals surface area contributed by atoms with Gasteiger partial charge in [-0.05, 0) is 49.1 Å². The van der Waals surface area contributed by atoms with E-state index in [2.05, 4.69) is 5.32 Å². The molecule has 0 aliphatic carbocycles. The first-order valence-corrected chi connectivity index (χ1v) is 9.04. The fraction of sp³-hybridized carbons (Fsp3) is 0.211. The van der Waals surface area contributed by atoms with Crippen molar-refractivity contribution in [1.82, 2.24) is 0 Å². The second kappa shape index (κ2) is 9.05. The number of rotatable bonds is 7. The maximum absolute atomic E-state index is 12.4. The van der Waals surface area contributed by atoms with Gasteiger partial charge in [-0.3, -0.25) is 9.59 Å². The molecule has 0 fully saturated rings. The summed E-state index contributed by atoms with van der Waals surface area (Å²) >= 11 is 1.53. The molecule has 1 atom stereocenters. The van der Waals surface area contributed by atoms with Crippen LogP contribution >= 0.6 is 11.8 Å². The van der Waals surface area contributed by atoms with Gasteiger partial charge in [-0.15, -0.1) is 11.8 Å². The minimum Gasteiger partial charge on any atom is -0.449 e. The van der Waals surface area contributed by atoms with Crippen LogP contribution in [0, 0.1) is 0 Å². The van der Waals surface area contributed by atoms with E-state index in [-0.39, 0.29) is 0 Å². The molecule has 0 aromatic heterocycles. The fourth-order valence-corrected chi connectivity index (χ4v) is 2.95. The van der Waals surface area contributed by atoms with E-state index in [1.54, 1.807) is 24.3 Å². The minimum absolute atomic E-state index is 0.340. The molecule has 0 aliphatic rings. The Labute approximate surface area is 156 Å². The molecule has 2 aromatic rings. The molecular weight excluding hydrogens is 352 g/mol. The van der Waals surface area contributed by atoms with Crippen LogP contribution in [0.15, 0.2) is 53.4 Å². The fourth-order valence-electron chi connectivity index (χ4n) is 2.16. The monoisotopic (exact) mass is 372 g/mol. The quantitative estimate of drug-likeness (QED) is 0.575. The van der Waals surface area contributed by atoms with Gasteiger partial charge in [0.05, 0.1) is 5.56 Å². The number of esters is 1. The van der Waals surface area contributed by atoms with Crippen molar-refractivity contribution in [2.24, 2.45) is 5.73 Å². The van der Waals surface area contributed by atoms with Crippen LogP contribution in [-0.4, -0.2) is 29.6 Å². The number of carbonyl (C=O) groups is 3. The Morgan fingerprint density at radius 2 is 1.77 bits per heavy atom. The molecule has 3 N–H and O–H groups in total. The van der Waals surface area contributed by atoms with Crippen molar-refractivity contribution >= 4 is 35.2 Å². The van der Waals surface area contributed by atoms with Gasteiger partial charge in [-0.2, -0.15) is 0 Å². The lowest BCUT2D eigenvalue weighted by Gasteiger charge is -2.15. The highest BCUT2D eigenvalue weighted by atomic mass is 32.2. The predicted octanol–water partition coefficient (Wildman–Crippen LogP) is 3.08. The van der Waals surface area contributed by atoms with Crippen molar-refractivity contribution < 1.29 is 19.1 Å². The molecule has 26 heavy (non-hydrogen) atoms. The Morgan fingerprint density at radius 3 is 2.38 bits per heavy atom. The van der Waals surface area contributed by atoms with E-state index >= 15 is 0 Å². The number of carbonyl (C=O) groups excluding carboxylic acids is 3. The number of amides is 2. The van der Waals surface area contributed by atoms with Crippen molar-refractivity contribution in [3.63, 3.8) is 0 Å². The molecule has 6 nitrogen and oxygen atoms in total. The lowest BCUT2D eigenvalue weighted by Crippen LogP contribution is -2.30. The molecule has 136 valence electrons. The van der Waals surface area contributed by atoms with E-state index in [1.807, 2.05) is 19.1 Å². The first-order valence-electron chi connectivity index (χ1n) is 8.06. The summed E-state index contributed by atoms with van der Waals surface area (Å²) in [4.78, 5) is 36.4. The molecular formula is C19H20N2O4S. The second-order valence-electron chi connectivity index (χ2n) is 5.41. The summed E-state index contributed by atoms with van der Waals surface area (Å²) in [5.41, 5.74) is 6.42. The average molecular weight is 372 g/mol. The Hall–Kier alpha value is -2.80. The van der Waals surface area contributed by atoms with Gasteiger partial charge < -0.3 is 15.8 Å². The number of hydrogen-bond acceptors (Lipinski definition) is 5. The highest BCUT2D eigenvalue weighted by molar-refractivity contribution is 7.99. The molecule has 0 saturated carbocycles. The number of benzene rings is 2. The lowest BCUT2D eigenvalue weighted by molar-refractivity contribution is -0.123. The van der Waals surface area contributed by atoms with Crippen molar-refractivity contribution in [1.29, 1.82) is 0 Å². The van der Waals surface area contributed by atoms with Crippen molar-refractivity contribution in [2.45, 2.75) is 24.8 Å². The number of hydrogen-bond donors (Lipinski definition) is 2. The molecule has 0 unspecified atom stereocenters. The van der Waals surface area contributed by atoms with Gasteiger partial charge in [0.1, 0.15) is 0 Å². The maximum atomic E-state index is 12.4. The third kappa shape index (κ3) is 5.10. The summed E-state index contributed by atoms with van der Waals surface area (Å²) in [7, 11) is 0. The SMILES string of the molecule is CCSc1ccccc1C(=O)O[C@H](C)C(=O)Nc1ccc(C(N)=O)cc1. The van der Waals surface area contributed by atoms with Crippen LogP contribution in [0.5, 0.6) is 0 Å². The second-order valence-corrected chi connectivity index (χ2v) is 6.71. The zero-order valence-corrected chi connectivity index (χ0v) is 15.3. The molecule has 2 aromatic carbocycles. The first-order chi connectivity index (χ1) is 12.4. The molecule has 0 saturated heterocycles. The Morgan fingerprint density at radius 1 is 1.12 bits per heavy atom. The van der Waals surface area contributed by atoms with Gasteiger partial charge in [0.15, 0.2) is 6.10 Å². The van der Waals surface area contributed by atoms with Crippen LogP contribution < -0.4 is 11.1 Å². The van der Waals surface area contributed by atoms with Crippen LogP contribution in [0.4, 0.5) is 5.69 Å². The van der Waals surface area contributed by atoms with E-state index in [0.717, 1.165) is 10.6 Å². The highest BCUT2D eigenvalue weighted by Crippen LogP contribution is 2.23. The Kier molecular flexibility index (Phi) is 6.80. The molecule has 0 bridgehead atoms. The third-order valence-corrected chi connectivity index (χ3v) is 4.45. The lowest BCUT2D eigenvalue weighted by atomic mass is 10.2. The number of thioether (sulfide) groups is 1. The van der Waals surface area contributed by atoms with E-state index in [4.69, 9.17) is 10.5 Å². The summed E-state index contributed by atoms with van der Waals surface area (Å²) in [5, 5.41) is 2.63. The highest BCUT2D eigenvalue weighted by Gasteiger charge is 2.21. The van der Waals surface area contributed by atoms with Gasteiger partial charge in [-0.25, -0.2) is 4.79 Å². The summed E-state index contributed by atoms with van der Waals surface area (Å²) in [6.07, 6.45) is -0.974. The van der Waals surface area contributed by atoms with Crippen LogP contribution in [-0.2, 0) is 9.53 Å². The summed E-state index contributed by atoms with van der Waals surface area (Å²) in [6, 6.07) is 13.2. The average Bonchev–Trinajstić information content (AvgIpc) is 2.62. The standard InChI is InChI=1S/C19H20N2O4S/c1-3-26-16-7-5-4-6-15(16)19(24)25-12(2)18(23)21-14-10-8-13(9-11-14)17(20)22/h4-12H,3H2,1-2H3,(H2,20,22)(H,21,23)/t12-/m1/s1. The predicted molar refractivity (Wildman–Crippen MR) is 101 cm³/mol. The normalized spacial score (nSPS) is 11.5. The number of nitrogens with two attached hydrogens (primary N) is 1. The molecule has 2 rings (SSSR count). The van der Waals surface area contributed by atoms with Gasteiger partial charge in [0.25, 0.3) is 5.91 Å². The van der Waals surface area contributed by atoms with Crippen LogP contribution in [0.25, 0.3) is 0 Å². The van der Waals surface area contributed by atoms with Gasteiger partial charge in [-0.1, -0.05) is 19.1 Å². The van der Waals surface area contributed by atoms with Crippen molar-refractivity contribution in [3.8, 4) is 0 Å². The van der Waals surface area contributed by atoms with Crippen LogP contribution in [0.1, 0.15) is 34.6 Å². The zero-order valence-electron chi connectivity index (χ0n) is 14.5. The first kappa shape index (κ1) is 19.5. The van der Waals surface area contributed by atoms with E-state index in [1.165, 1.54) is 30.8 Å². The van der Waals surface area contributed by atoms with Crippen LogP contribution in [0.3, 0.4) is 0 Å². The van der Waals surface area contributed by atoms with Gasteiger partial charge >= 0.3 is 5.97 Å². The largest absolute Gasteiger partial charge is 0.449 e. The van der Waals surface area contributed by atoms with E-state index in [0.29, 0.717) is 16.8 Å². The number of ether oxygens (including phenoxy) is 1. The zero-order chi connectivity index (χ0) is 19.1. The minimum atomic E-state index is -0.974. The number of primary amides is 1. The summed E-state index contributed by atoms with van der Waals surface area (Å²) < 4.78 is 5.28. The third-order valence-electron chi connectivity index (χ3n) is 3.50. The van der Waals surface area contributed by atoms with Crippen molar-refractivity contribution in [3.05, 3.63) is 59.7 Å². The topological polar surface area (TPSA) is 98.5 Å². The van der Waals surface area contributed by atoms with Crippen molar-refractivity contribution in [2.75, 3.05) is 11.1 Å². The molecule has 0 radical (unpaired) electrons. The molecule has 2 amide bonds. The van der Waals surface area contributed by atoms with E-state index in [9.17, 15) is 14.4 Å². The molecule has 7 heteroatoms. The maximum Gasteiger partial charge on any atom is 0.340 e. The Balaban J connectivity index is 2.00. The Bertz CT molecular complexity index is 805. The molecule has 0 spiro atoms. The summed E-state index contributed by atoms with van der Waals surface area (Å²) in [5.74, 6) is -0.741. The summed E-state index contributed by atoms with van der Waals surface area (Å²) in [6.45, 7) is 3.49. The van der Waals surface area contributed by atoms with Gasteiger partial charge in [0, 0.05) is 16.1 Å².